The van der Waals surface area contributed by atoms with Crippen LogP contribution in [-0.2, 0) is 12.0 Å². The van der Waals surface area contributed by atoms with Crippen molar-refractivity contribution in [1.82, 2.24) is 0 Å². The van der Waals surface area contributed by atoms with Crippen LogP contribution in [0.2, 0.25) is 10.0 Å². The molecule has 100 valence electrons. The quantitative estimate of drug-likeness (QED) is 0.893. The third-order valence-electron chi connectivity index (χ3n) is 3.03. The third kappa shape index (κ3) is 3.41. The molecule has 2 rings (SSSR count). The molecule has 0 aromatic heterocycles. The SMILES string of the molecule is CC(O)(Cc1cc(Cl)ccc1Cl)c1ccc(O)cc1. The smallest absolute Gasteiger partial charge is 0.115 e. The lowest BCUT2D eigenvalue weighted by atomic mass is 9.89. The summed E-state index contributed by atoms with van der Waals surface area (Å²) in [7, 11) is 0. The lowest BCUT2D eigenvalue weighted by molar-refractivity contribution is 0.0576. The molecule has 0 aliphatic heterocycles. The molecule has 0 heterocycles. The first kappa shape index (κ1) is 14.2. The predicted molar refractivity (Wildman–Crippen MR) is 77.8 cm³/mol. The molecule has 0 radical (unpaired) electrons. The zero-order chi connectivity index (χ0) is 14.0. The molecule has 0 aliphatic carbocycles. The van der Waals surface area contributed by atoms with Crippen molar-refractivity contribution < 1.29 is 10.2 Å². The van der Waals surface area contributed by atoms with Crippen molar-refractivity contribution in [2.75, 3.05) is 0 Å². The minimum Gasteiger partial charge on any atom is -0.508 e. The van der Waals surface area contributed by atoms with Gasteiger partial charge in [0.15, 0.2) is 0 Å². The molecule has 0 aliphatic rings. The summed E-state index contributed by atoms with van der Waals surface area (Å²) in [6, 6.07) is 11.6. The largest absolute Gasteiger partial charge is 0.508 e. The Hall–Kier alpha value is -1.22. The minimum atomic E-state index is -1.08. The van der Waals surface area contributed by atoms with E-state index in [0.29, 0.717) is 22.0 Å². The maximum atomic E-state index is 10.6. The van der Waals surface area contributed by atoms with Gasteiger partial charge in [0, 0.05) is 16.5 Å². The summed E-state index contributed by atoms with van der Waals surface area (Å²) >= 11 is 12.0. The molecule has 0 saturated carbocycles. The molecule has 2 nitrogen and oxygen atoms in total. The molecule has 0 spiro atoms. The number of phenolic OH excluding ortho intramolecular Hbond substituents is 1. The summed E-state index contributed by atoms with van der Waals surface area (Å²) in [6.45, 7) is 1.70. The number of aliphatic hydroxyl groups is 1. The molecule has 2 aromatic rings. The Kier molecular flexibility index (Phi) is 4.04. The van der Waals surface area contributed by atoms with E-state index in [1.54, 1.807) is 49.4 Å². The second-order valence-electron chi connectivity index (χ2n) is 4.73. The topological polar surface area (TPSA) is 40.5 Å². The number of phenols is 1. The Balaban J connectivity index is 2.30. The van der Waals surface area contributed by atoms with E-state index in [-0.39, 0.29) is 5.75 Å². The Morgan fingerprint density at radius 1 is 1.05 bits per heavy atom. The lowest BCUT2D eigenvalue weighted by Gasteiger charge is -2.24. The van der Waals surface area contributed by atoms with Crippen molar-refractivity contribution in [2.45, 2.75) is 18.9 Å². The molecular formula is C15H14Cl2O2. The Bertz CT molecular complexity index is 577. The zero-order valence-electron chi connectivity index (χ0n) is 10.4. The van der Waals surface area contributed by atoms with Crippen molar-refractivity contribution in [3.63, 3.8) is 0 Å². The van der Waals surface area contributed by atoms with E-state index < -0.39 is 5.60 Å². The van der Waals surface area contributed by atoms with Gasteiger partial charge in [0.1, 0.15) is 5.75 Å². The highest BCUT2D eigenvalue weighted by atomic mass is 35.5. The predicted octanol–water partition coefficient (Wildman–Crippen LogP) is 4.15. The maximum absolute atomic E-state index is 10.6. The van der Waals surface area contributed by atoms with Crippen LogP contribution in [0.15, 0.2) is 42.5 Å². The summed E-state index contributed by atoms with van der Waals surface area (Å²) in [5.41, 5.74) is 0.413. The van der Waals surface area contributed by atoms with Gasteiger partial charge >= 0.3 is 0 Å². The fraction of sp³-hybridized carbons (Fsp3) is 0.200. The highest BCUT2D eigenvalue weighted by Gasteiger charge is 2.24. The van der Waals surface area contributed by atoms with Crippen LogP contribution in [0.5, 0.6) is 5.75 Å². The van der Waals surface area contributed by atoms with Gasteiger partial charge in [0.2, 0.25) is 0 Å². The number of benzene rings is 2. The van der Waals surface area contributed by atoms with Gasteiger partial charge in [-0.15, -0.1) is 0 Å². The second-order valence-corrected chi connectivity index (χ2v) is 5.58. The van der Waals surface area contributed by atoms with Gasteiger partial charge in [-0.2, -0.15) is 0 Å². The van der Waals surface area contributed by atoms with Crippen molar-refractivity contribution in [1.29, 1.82) is 0 Å². The van der Waals surface area contributed by atoms with E-state index in [2.05, 4.69) is 0 Å². The summed E-state index contributed by atoms with van der Waals surface area (Å²) < 4.78 is 0. The van der Waals surface area contributed by atoms with Crippen LogP contribution in [-0.4, -0.2) is 10.2 Å². The number of hydrogen-bond acceptors (Lipinski definition) is 2. The number of aromatic hydroxyl groups is 1. The van der Waals surface area contributed by atoms with E-state index in [9.17, 15) is 10.2 Å². The molecule has 4 heteroatoms. The normalized spacial score (nSPS) is 14.1. The van der Waals surface area contributed by atoms with E-state index in [1.165, 1.54) is 0 Å². The fourth-order valence-corrected chi connectivity index (χ4v) is 2.35. The van der Waals surface area contributed by atoms with Crippen LogP contribution in [0, 0.1) is 0 Å². The van der Waals surface area contributed by atoms with Crippen LogP contribution in [0.1, 0.15) is 18.1 Å². The van der Waals surface area contributed by atoms with Gasteiger partial charge in [-0.25, -0.2) is 0 Å². The Morgan fingerprint density at radius 3 is 2.32 bits per heavy atom. The lowest BCUT2D eigenvalue weighted by Crippen LogP contribution is -2.24. The van der Waals surface area contributed by atoms with E-state index >= 15 is 0 Å². The van der Waals surface area contributed by atoms with Crippen molar-refractivity contribution in [3.05, 3.63) is 63.6 Å². The van der Waals surface area contributed by atoms with Gasteiger partial charge in [-0.3, -0.25) is 0 Å². The summed E-state index contributed by atoms with van der Waals surface area (Å²) in [5.74, 6) is 0.167. The molecule has 0 bridgehead atoms. The summed E-state index contributed by atoms with van der Waals surface area (Å²) in [4.78, 5) is 0. The standard InChI is InChI=1S/C15H14Cl2O2/c1-15(19,11-2-5-13(18)6-3-11)9-10-8-12(16)4-7-14(10)17/h2-8,18-19H,9H2,1H3. The van der Waals surface area contributed by atoms with Crippen molar-refractivity contribution in [2.24, 2.45) is 0 Å². The minimum absolute atomic E-state index is 0.167. The number of rotatable bonds is 3. The molecule has 0 saturated heterocycles. The molecule has 1 atom stereocenters. The van der Waals surface area contributed by atoms with E-state index in [4.69, 9.17) is 23.2 Å². The monoisotopic (exact) mass is 296 g/mol. The maximum Gasteiger partial charge on any atom is 0.115 e. The molecular weight excluding hydrogens is 283 g/mol. The highest BCUT2D eigenvalue weighted by Crippen LogP contribution is 2.30. The van der Waals surface area contributed by atoms with Gasteiger partial charge in [-0.05, 0) is 48.4 Å². The highest BCUT2D eigenvalue weighted by molar-refractivity contribution is 6.33. The van der Waals surface area contributed by atoms with Gasteiger partial charge in [0.05, 0.1) is 5.60 Å². The van der Waals surface area contributed by atoms with Crippen molar-refractivity contribution in [3.8, 4) is 5.75 Å². The molecule has 0 amide bonds. The number of halogens is 2. The Labute approximate surface area is 122 Å². The molecule has 19 heavy (non-hydrogen) atoms. The third-order valence-corrected chi connectivity index (χ3v) is 3.64. The molecule has 0 fully saturated rings. The van der Waals surface area contributed by atoms with E-state index in [0.717, 1.165) is 5.56 Å². The zero-order valence-corrected chi connectivity index (χ0v) is 11.9. The average Bonchev–Trinajstić information content (AvgIpc) is 2.34. The first-order chi connectivity index (χ1) is 8.88. The van der Waals surface area contributed by atoms with Gasteiger partial charge in [-0.1, -0.05) is 35.3 Å². The average molecular weight is 297 g/mol. The first-order valence-electron chi connectivity index (χ1n) is 5.84. The second kappa shape index (κ2) is 5.41. The first-order valence-corrected chi connectivity index (χ1v) is 6.60. The van der Waals surface area contributed by atoms with Crippen molar-refractivity contribution >= 4 is 23.2 Å². The molecule has 2 N–H and O–H groups in total. The molecule has 1 unspecified atom stereocenters. The fourth-order valence-electron chi connectivity index (χ4n) is 1.97. The van der Waals surface area contributed by atoms with Gasteiger partial charge in [0.25, 0.3) is 0 Å². The Morgan fingerprint density at radius 2 is 1.68 bits per heavy atom. The van der Waals surface area contributed by atoms with Crippen LogP contribution < -0.4 is 0 Å². The van der Waals surface area contributed by atoms with Crippen LogP contribution >= 0.6 is 23.2 Å². The summed E-state index contributed by atoms with van der Waals surface area (Å²) in [5, 5.41) is 21.0. The van der Waals surface area contributed by atoms with Crippen LogP contribution in [0.4, 0.5) is 0 Å². The van der Waals surface area contributed by atoms with E-state index in [1.807, 2.05) is 0 Å². The number of hydrogen-bond donors (Lipinski definition) is 2. The summed E-state index contributed by atoms with van der Waals surface area (Å²) in [6.07, 6.45) is 0.344. The van der Waals surface area contributed by atoms with Gasteiger partial charge < -0.3 is 10.2 Å². The van der Waals surface area contributed by atoms with Crippen LogP contribution in [0.3, 0.4) is 0 Å². The van der Waals surface area contributed by atoms with Crippen LogP contribution in [0.25, 0.3) is 0 Å². The molecule has 2 aromatic carbocycles.